The number of allylic oxidation sites excluding steroid dienone is 1. The van der Waals surface area contributed by atoms with E-state index < -0.39 is 19.0 Å². The zero-order valence-corrected chi connectivity index (χ0v) is 4.33. The Labute approximate surface area is 46.0 Å². The molecule has 0 amide bonds. The second kappa shape index (κ2) is 2.74. The molecule has 3 heteroatoms. The molecule has 0 aromatic heterocycles. The Hall–Kier alpha value is -0.470. The highest BCUT2D eigenvalue weighted by Gasteiger charge is 2.22. The minimum Gasteiger partial charge on any atom is -0.251 e. The maximum Gasteiger partial charge on any atom is 0.268 e. The first-order chi connectivity index (χ1) is 3.62. The molecular weight excluding hydrogens is 117 g/mol. The Kier molecular flexibility index (Phi) is 2.58. The van der Waals surface area contributed by atoms with Crippen molar-refractivity contribution in [2.24, 2.45) is 0 Å². The van der Waals surface area contributed by atoms with Crippen molar-refractivity contribution in [1.29, 1.82) is 0 Å². The van der Waals surface area contributed by atoms with Gasteiger partial charge in [-0.05, 0) is 6.08 Å². The normalized spacial score (nSPS) is 11.4. The fraction of sp³-hybridized carbons (Fsp3) is 0.600. The van der Waals surface area contributed by atoms with Crippen molar-refractivity contribution in [2.75, 3.05) is 6.67 Å². The van der Waals surface area contributed by atoms with Gasteiger partial charge in [0, 0.05) is 6.42 Å². The van der Waals surface area contributed by atoms with Crippen LogP contribution in [0.2, 0.25) is 0 Å². The van der Waals surface area contributed by atoms with Gasteiger partial charge in [0.1, 0.15) is 0 Å². The summed E-state index contributed by atoms with van der Waals surface area (Å²) in [6.45, 7) is 1.83. The third-order valence-electron chi connectivity index (χ3n) is 0.726. The number of hydrogen-bond acceptors (Lipinski definition) is 0. The molecule has 0 bridgehead atoms. The van der Waals surface area contributed by atoms with Gasteiger partial charge in [0.05, 0.1) is 6.67 Å². The molecule has 0 aromatic carbocycles. The molecule has 0 aliphatic heterocycles. The molecular formula is C5H7F3. The van der Waals surface area contributed by atoms with Crippen molar-refractivity contribution in [3.05, 3.63) is 12.7 Å². The number of hydrogen-bond donors (Lipinski definition) is 0. The van der Waals surface area contributed by atoms with E-state index in [2.05, 4.69) is 6.58 Å². The second-order valence-electron chi connectivity index (χ2n) is 1.40. The number of rotatable bonds is 3. The minimum atomic E-state index is -3.02. The van der Waals surface area contributed by atoms with E-state index in [4.69, 9.17) is 0 Å². The molecule has 0 aromatic rings. The van der Waals surface area contributed by atoms with Crippen molar-refractivity contribution in [3.63, 3.8) is 0 Å². The largest absolute Gasteiger partial charge is 0.268 e. The van der Waals surface area contributed by atoms with E-state index in [0.29, 0.717) is 6.08 Å². The molecule has 0 unspecified atom stereocenters. The van der Waals surface area contributed by atoms with Crippen LogP contribution in [-0.4, -0.2) is 12.6 Å². The minimum absolute atomic E-state index is 0.451. The average Bonchev–Trinajstić information content (AvgIpc) is 1.67. The van der Waals surface area contributed by atoms with Gasteiger partial charge >= 0.3 is 0 Å². The lowest BCUT2D eigenvalue weighted by molar-refractivity contribution is 0.0391. The maximum absolute atomic E-state index is 11.8. The van der Waals surface area contributed by atoms with E-state index in [1.54, 1.807) is 0 Å². The zero-order chi connectivity index (χ0) is 6.62. The van der Waals surface area contributed by atoms with E-state index in [1.807, 2.05) is 0 Å². The molecule has 0 aliphatic carbocycles. The first kappa shape index (κ1) is 7.53. The van der Waals surface area contributed by atoms with Gasteiger partial charge in [-0.1, -0.05) is 6.58 Å². The molecule has 0 saturated carbocycles. The van der Waals surface area contributed by atoms with Gasteiger partial charge in [-0.25, -0.2) is 8.78 Å². The van der Waals surface area contributed by atoms with Crippen molar-refractivity contribution in [3.8, 4) is 0 Å². The van der Waals surface area contributed by atoms with Crippen LogP contribution in [0.3, 0.4) is 0 Å². The Bertz CT molecular complexity index is 77.7. The molecule has 0 saturated heterocycles. The average molecular weight is 124 g/mol. The van der Waals surface area contributed by atoms with Crippen LogP contribution in [0.25, 0.3) is 0 Å². The SMILES string of the molecule is C=CC(F)(F)CCF. The Morgan fingerprint density at radius 3 is 2.12 bits per heavy atom. The van der Waals surface area contributed by atoms with Gasteiger partial charge in [-0.3, -0.25) is 4.39 Å². The molecule has 0 N–H and O–H groups in total. The van der Waals surface area contributed by atoms with Gasteiger partial charge in [0.25, 0.3) is 5.92 Å². The van der Waals surface area contributed by atoms with Crippen LogP contribution >= 0.6 is 0 Å². The smallest absolute Gasteiger partial charge is 0.251 e. The zero-order valence-electron chi connectivity index (χ0n) is 4.33. The molecule has 0 heterocycles. The topological polar surface area (TPSA) is 0 Å². The van der Waals surface area contributed by atoms with E-state index in [9.17, 15) is 13.2 Å². The van der Waals surface area contributed by atoms with Crippen LogP contribution in [0.15, 0.2) is 12.7 Å². The summed E-state index contributed by atoms with van der Waals surface area (Å²) in [6, 6.07) is 0. The molecule has 48 valence electrons. The maximum atomic E-state index is 11.8. The predicted octanol–water partition coefficient (Wildman–Crippen LogP) is 2.17. The quantitative estimate of drug-likeness (QED) is 0.506. The fourth-order valence-electron chi connectivity index (χ4n) is 0.228. The van der Waals surface area contributed by atoms with Crippen LogP contribution in [0.1, 0.15) is 6.42 Å². The molecule has 0 aliphatic rings. The van der Waals surface area contributed by atoms with Crippen molar-refractivity contribution < 1.29 is 13.2 Å². The van der Waals surface area contributed by atoms with Gasteiger partial charge in [0.15, 0.2) is 0 Å². The lowest BCUT2D eigenvalue weighted by Gasteiger charge is -2.05. The monoisotopic (exact) mass is 124 g/mol. The van der Waals surface area contributed by atoms with Crippen LogP contribution < -0.4 is 0 Å². The predicted molar refractivity (Wildman–Crippen MR) is 25.7 cm³/mol. The summed E-state index contributed by atoms with van der Waals surface area (Å²) >= 11 is 0. The highest BCUT2D eigenvalue weighted by atomic mass is 19.3. The van der Waals surface area contributed by atoms with Crippen molar-refractivity contribution >= 4 is 0 Å². The molecule has 0 rings (SSSR count). The van der Waals surface area contributed by atoms with Gasteiger partial charge in [0.2, 0.25) is 0 Å². The van der Waals surface area contributed by atoms with Gasteiger partial charge < -0.3 is 0 Å². The Morgan fingerprint density at radius 2 is 2.00 bits per heavy atom. The third-order valence-corrected chi connectivity index (χ3v) is 0.726. The molecule has 0 spiro atoms. The fourth-order valence-corrected chi connectivity index (χ4v) is 0.228. The van der Waals surface area contributed by atoms with Crippen LogP contribution in [-0.2, 0) is 0 Å². The van der Waals surface area contributed by atoms with Gasteiger partial charge in [-0.15, -0.1) is 0 Å². The van der Waals surface area contributed by atoms with Crippen LogP contribution in [0, 0.1) is 0 Å². The summed E-state index contributed by atoms with van der Waals surface area (Å²) in [7, 11) is 0. The van der Waals surface area contributed by atoms with Crippen molar-refractivity contribution in [2.45, 2.75) is 12.3 Å². The summed E-state index contributed by atoms with van der Waals surface area (Å²) in [4.78, 5) is 0. The van der Waals surface area contributed by atoms with E-state index in [1.165, 1.54) is 0 Å². The Morgan fingerprint density at radius 1 is 1.50 bits per heavy atom. The summed E-state index contributed by atoms with van der Waals surface area (Å²) in [5, 5.41) is 0. The summed E-state index contributed by atoms with van der Waals surface area (Å²) in [5.41, 5.74) is 0. The summed E-state index contributed by atoms with van der Waals surface area (Å²) < 4.78 is 34.7. The van der Waals surface area contributed by atoms with Crippen molar-refractivity contribution in [1.82, 2.24) is 0 Å². The molecule has 0 atom stereocenters. The van der Waals surface area contributed by atoms with Crippen LogP contribution in [0.4, 0.5) is 13.2 Å². The first-order valence-corrected chi connectivity index (χ1v) is 2.20. The van der Waals surface area contributed by atoms with Gasteiger partial charge in [-0.2, -0.15) is 0 Å². The standard InChI is InChI=1S/C5H7F3/c1-2-5(7,8)3-4-6/h2H,1,3-4H2. The Balaban J connectivity index is 3.53. The summed E-state index contributed by atoms with van der Waals surface area (Å²) in [6.07, 6.45) is -0.302. The highest BCUT2D eigenvalue weighted by molar-refractivity contribution is 4.86. The number of halogens is 3. The van der Waals surface area contributed by atoms with Crippen LogP contribution in [0.5, 0.6) is 0 Å². The molecule has 8 heavy (non-hydrogen) atoms. The summed E-state index contributed by atoms with van der Waals surface area (Å²) in [5.74, 6) is -3.02. The van der Waals surface area contributed by atoms with E-state index in [-0.39, 0.29) is 0 Å². The molecule has 0 radical (unpaired) electrons. The lowest BCUT2D eigenvalue weighted by atomic mass is 10.2. The highest BCUT2D eigenvalue weighted by Crippen LogP contribution is 2.18. The molecule has 0 nitrogen and oxygen atoms in total. The third kappa shape index (κ3) is 2.66. The molecule has 0 fully saturated rings. The lowest BCUT2D eigenvalue weighted by Crippen LogP contribution is -2.11. The van der Waals surface area contributed by atoms with E-state index >= 15 is 0 Å². The second-order valence-corrected chi connectivity index (χ2v) is 1.40. The number of alkyl halides is 3. The first-order valence-electron chi connectivity index (χ1n) is 2.20. The van der Waals surface area contributed by atoms with E-state index in [0.717, 1.165) is 0 Å².